The lowest BCUT2D eigenvalue weighted by Crippen LogP contribution is -1.88. The minimum absolute atomic E-state index is 0. The fourth-order valence-electron chi connectivity index (χ4n) is 1.34. The molecule has 1 heterocycles. The first kappa shape index (κ1) is 11.6. The van der Waals surface area contributed by atoms with E-state index in [0.29, 0.717) is 10.9 Å². The molecule has 0 fully saturated rings. The highest BCUT2D eigenvalue weighted by molar-refractivity contribution is 9.08. The molecular weight excluding hydrogens is 313 g/mol. The summed E-state index contributed by atoms with van der Waals surface area (Å²) in [5, 5.41) is 2.42. The van der Waals surface area contributed by atoms with Crippen molar-refractivity contribution in [1.82, 2.24) is 4.98 Å². The molecule has 4 heteroatoms. The van der Waals surface area contributed by atoms with Gasteiger partial charge in [-0.2, -0.15) is 0 Å². The van der Waals surface area contributed by atoms with Crippen LogP contribution in [0.15, 0.2) is 30.6 Å². The van der Waals surface area contributed by atoms with Crippen LogP contribution in [0.4, 0.5) is 4.39 Å². The van der Waals surface area contributed by atoms with Crippen molar-refractivity contribution in [3.05, 3.63) is 42.0 Å². The molecule has 0 aliphatic carbocycles. The highest BCUT2D eigenvalue weighted by Crippen LogP contribution is 2.22. The van der Waals surface area contributed by atoms with Gasteiger partial charge < -0.3 is 0 Å². The number of hydrogen-bond acceptors (Lipinski definition) is 1. The third kappa shape index (κ3) is 1.96. The van der Waals surface area contributed by atoms with Crippen LogP contribution in [0.25, 0.3) is 10.8 Å². The summed E-state index contributed by atoms with van der Waals surface area (Å²) in [5.74, 6) is -0.171. The van der Waals surface area contributed by atoms with Crippen LogP contribution in [0.5, 0.6) is 0 Å². The summed E-state index contributed by atoms with van der Waals surface area (Å²) >= 11 is 3.27. The zero-order valence-corrected chi connectivity index (χ0v) is 10.5. The van der Waals surface area contributed by atoms with Gasteiger partial charge in [-0.3, -0.25) is 4.98 Å². The molecule has 0 amide bonds. The van der Waals surface area contributed by atoms with Crippen LogP contribution in [-0.2, 0) is 5.33 Å². The molecule has 2 rings (SSSR count). The summed E-state index contributed by atoms with van der Waals surface area (Å²) in [6.45, 7) is 0. The molecule has 0 spiro atoms. The number of rotatable bonds is 1. The Balaban J connectivity index is 0.000000980. The van der Waals surface area contributed by atoms with E-state index in [0.717, 1.165) is 10.8 Å². The van der Waals surface area contributed by atoms with Crippen LogP contribution < -0.4 is 0 Å². The molecule has 0 N–H and O–H groups in total. The monoisotopic (exact) mass is 319 g/mol. The lowest BCUT2D eigenvalue weighted by atomic mass is 10.1. The first-order valence-electron chi connectivity index (χ1n) is 3.90. The van der Waals surface area contributed by atoms with Crippen molar-refractivity contribution in [2.45, 2.75) is 5.33 Å². The summed E-state index contributed by atoms with van der Waals surface area (Å²) < 4.78 is 13.3. The molecule has 0 saturated heterocycles. The fraction of sp³-hybridized carbons (Fsp3) is 0.100. The van der Waals surface area contributed by atoms with E-state index in [1.54, 1.807) is 18.5 Å². The predicted molar refractivity (Wildman–Crippen MR) is 64.7 cm³/mol. The standard InChI is InChI=1S/C10H7BrFN.BrH/c11-5-9-8-3-4-13-6-7(8)1-2-10(9)12;/h1-4,6H,5H2;1H. The summed E-state index contributed by atoms with van der Waals surface area (Å²) in [7, 11) is 0. The third-order valence-corrected chi connectivity index (χ3v) is 2.57. The maximum absolute atomic E-state index is 13.3. The van der Waals surface area contributed by atoms with Gasteiger partial charge >= 0.3 is 0 Å². The van der Waals surface area contributed by atoms with E-state index in [1.807, 2.05) is 6.07 Å². The van der Waals surface area contributed by atoms with Crippen molar-refractivity contribution >= 4 is 43.7 Å². The molecule has 14 heavy (non-hydrogen) atoms. The number of alkyl halides is 1. The molecule has 1 aromatic heterocycles. The molecule has 74 valence electrons. The number of nitrogens with zero attached hydrogens (tertiary/aromatic N) is 1. The van der Waals surface area contributed by atoms with Gasteiger partial charge in [-0.1, -0.05) is 15.9 Å². The zero-order chi connectivity index (χ0) is 9.26. The Morgan fingerprint density at radius 3 is 2.79 bits per heavy atom. The Kier molecular flexibility index (Phi) is 4.01. The van der Waals surface area contributed by atoms with Gasteiger partial charge in [-0.05, 0) is 23.6 Å². The number of benzene rings is 1. The van der Waals surface area contributed by atoms with E-state index in [4.69, 9.17) is 0 Å². The van der Waals surface area contributed by atoms with Crippen LogP contribution in [0.1, 0.15) is 5.56 Å². The molecule has 2 aromatic rings. The van der Waals surface area contributed by atoms with Gasteiger partial charge in [0.05, 0.1) is 0 Å². The van der Waals surface area contributed by atoms with Gasteiger partial charge in [0.1, 0.15) is 5.82 Å². The zero-order valence-electron chi connectivity index (χ0n) is 7.21. The Labute approximate surface area is 100 Å². The van der Waals surface area contributed by atoms with E-state index in [2.05, 4.69) is 20.9 Å². The molecule has 1 aromatic carbocycles. The van der Waals surface area contributed by atoms with E-state index < -0.39 is 0 Å². The van der Waals surface area contributed by atoms with Crippen LogP contribution in [0.2, 0.25) is 0 Å². The molecule has 0 saturated carbocycles. The highest BCUT2D eigenvalue weighted by Gasteiger charge is 2.04. The lowest BCUT2D eigenvalue weighted by molar-refractivity contribution is 0.620. The van der Waals surface area contributed by atoms with Crippen LogP contribution in [-0.4, -0.2) is 4.98 Å². The molecule has 0 radical (unpaired) electrons. The summed E-state index contributed by atoms with van der Waals surface area (Å²) in [6.07, 6.45) is 3.41. The van der Waals surface area contributed by atoms with Crippen molar-refractivity contribution in [3.63, 3.8) is 0 Å². The largest absolute Gasteiger partial charge is 0.264 e. The van der Waals surface area contributed by atoms with E-state index >= 15 is 0 Å². The molecule has 0 atom stereocenters. The SMILES string of the molecule is Br.Fc1ccc2cnccc2c1CBr. The molecule has 0 bridgehead atoms. The van der Waals surface area contributed by atoms with Gasteiger partial charge in [-0.25, -0.2) is 4.39 Å². The van der Waals surface area contributed by atoms with Crippen molar-refractivity contribution in [2.75, 3.05) is 0 Å². The summed E-state index contributed by atoms with van der Waals surface area (Å²) in [4.78, 5) is 3.98. The Hall–Kier alpha value is -0.480. The van der Waals surface area contributed by atoms with Gasteiger partial charge in [0.15, 0.2) is 0 Å². The molecule has 1 nitrogen and oxygen atoms in total. The van der Waals surface area contributed by atoms with Crippen molar-refractivity contribution < 1.29 is 4.39 Å². The Morgan fingerprint density at radius 1 is 1.29 bits per heavy atom. The first-order chi connectivity index (χ1) is 6.33. The maximum Gasteiger partial charge on any atom is 0.127 e. The smallest absolute Gasteiger partial charge is 0.127 e. The first-order valence-corrected chi connectivity index (χ1v) is 5.02. The number of halogens is 3. The fourth-order valence-corrected chi connectivity index (χ4v) is 1.91. The molecule has 0 unspecified atom stereocenters. The van der Waals surface area contributed by atoms with Crippen LogP contribution >= 0.6 is 32.9 Å². The predicted octanol–water partition coefficient (Wildman–Crippen LogP) is 3.85. The third-order valence-electron chi connectivity index (χ3n) is 2.01. The van der Waals surface area contributed by atoms with E-state index in [9.17, 15) is 4.39 Å². The van der Waals surface area contributed by atoms with Gasteiger partial charge in [-0.15, -0.1) is 17.0 Å². The van der Waals surface area contributed by atoms with E-state index in [1.165, 1.54) is 6.07 Å². The Morgan fingerprint density at radius 2 is 2.07 bits per heavy atom. The highest BCUT2D eigenvalue weighted by atomic mass is 79.9. The normalized spacial score (nSPS) is 9.86. The number of pyridine rings is 1. The average Bonchev–Trinajstić information content (AvgIpc) is 2.18. The second-order valence-electron chi connectivity index (χ2n) is 2.76. The van der Waals surface area contributed by atoms with Gasteiger partial charge in [0.25, 0.3) is 0 Å². The number of aromatic nitrogens is 1. The topological polar surface area (TPSA) is 12.9 Å². The number of fused-ring (bicyclic) bond motifs is 1. The van der Waals surface area contributed by atoms with E-state index in [-0.39, 0.29) is 22.8 Å². The summed E-state index contributed by atoms with van der Waals surface area (Å²) in [5.41, 5.74) is 0.694. The molecule has 0 aliphatic rings. The molecular formula is C10H8Br2FN. The minimum Gasteiger partial charge on any atom is -0.264 e. The molecule has 0 aliphatic heterocycles. The van der Waals surface area contributed by atoms with Gasteiger partial charge in [0.2, 0.25) is 0 Å². The second kappa shape index (κ2) is 4.84. The van der Waals surface area contributed by atoms with Crippen molar-refractivity contribution in [3.8, 4) is 0 Å². The average molecular weight is 321 g/mol. The van der Waals surface area contributed by atoms with Crippen LogP contribution in [0.3, 0.4) is 0 Å². The second-order valence-corrected chi connectivity index (χ2v) is 3.32. The summed E-state index contributed by atoms with van der Waals surface area (Å²) in [6, 6.07) is 5.04. The van der Waals surface area contributed by atoms with Crippen LogP contribution in [0, 0.1) is 5.82 Å². The van der Waals surface area contributed by atoms with Crippen molar-refractivity contribution in [1.29, 1.82) is 0 Å². The number of hydrogen-bond donors (Lipinski definition) is 0. The quantitative estimate of drug-likeness (QED) is 0.727. The minimum atomic E-state index is -0.171. The van der Waals surface area contributed by atoms with Crippen molar-refractivity contribution in [2.24, 2.45) is 0 Å². The Bertz CT molecular complexity index is 445. The van der Waals surface area contributed by atoms with Gasteiger partial charge in [0, 0.05) is 28.7 Å². The lowest BCUT2D eigenvalue weighted by Gasteiger charge is -2.03. The maximum atomic E-state index is 13.3.